The van der Waals surface area contributed by atoms with Crippen molar-refractivity contribution in [3.05, 3.63) is 107 Å². The van der Waals surface area contributed by atoms with Crippen molar-refractivity contribution in [2.24, 2.45) is 0 Å². The van der Waals surface area contributed by atoms with Gasteiger partial charge in [0, 0.05) is 6.54 Å². The van der Waals surface area contributed by atoms with E-state index in [1.54, 1.807) is 36.4 Å². The lowest BCUT2D eigenvalue weighted by atomic mass is 10.0. The number of hydrogen-bond donors (Lipinski definition) is 0. The van der Waals surface area contributed by atoms with E-state index in [1.807, 2.05) is 44.2 Å². The van der Waals surface area contributed by atoms with Gasteiger partial charge in [-0.3, -0.25) is 4.90 Å². The van der Waals surface area contributed by atoms with Gasteiger partial charge in [0.2, 0.25) is 0 Å². The highest BCUT2D eigenvalue weighted by Gasteiger charge is 2.29. The van der Waals surface area contributed by atoms with Gasteiger partial charge in [0.05, 0.1) is 10.9 Å². The fourth-order valence-corrected chi connectivity index (χ4v) is 5.06. The largest absolute Gasteiger partial charge is 0.286 e. The van der Waals surface area contributed by atoms with Gasteiger partial charge in [-0.2, -0.15) is 0 Å². The van der Waals surface area contributed by atoms with Gasteiger partial charge in [0.15, 0.2) is 21.5 Å². The Hall–Kier alpha value is -3.43. The summed E-state index contributed by atoms with van der Waals surface area (Å²) in [5, 5.41) is 12.0. The van der Waals surface area contributed by atoms with E-state index in [2.05, 4.69) is 20.4 Å². The molecule has 176 valence electrons. The second-order valence-electron chi connectivity index (χ2n) is 8.10. The lowest BCUT2D eigenvalue weighted by Crippen LogP contribution is -2.32. The van der Waals surface area contributed by atoms with Gasteiger partial charge in [-0.05, 0) is 59.3 Å². The molecule has 0 fully saturated rings. The number of hydrogen-bond acceptors (Lipinski definition) is 6. The van der Waals surface area contributed by atoms with E-state index >= 15 is 0 Å². The van der Waals surface area contributed by atoms with Crippen molar-refractivity contribution < 1.29 is 12.8 Å². The number of sulfone groups is 1. The van der Waals surface area contributed by atoms with E-state index in [0.717, 1.165) is 16.7 Å². The Kier molecular flexibility index (Phi) is 7.14. The smallest absolute Gasteiger partial charge is 0.198 e. The molecule has 0 aliphatic carbocycles. The highest BCUT2D eigenvalue weighted by Crippen LogP contribution is 2.29. The fourth-order valence-electron chi connectivity index (χ4n) is 3.85. The lowest BCUT2D eigenvalue weighted by molar-refractivity contribution is 0.216. The Morgan fingerprint density at radius 3 is 2.29 bits per heavy atom. The molecule has 0 saturated heterocycles. The van der Waals surface area contributed by atoms with Crippen LogP contribution >= 0.6 is 0 Å². The summed E-state index contributed by atoms with van der Waals surface area (Å²) in [6, 6.07) is 22.3. The number of tetrazole rings is 1. The first-order valence-corrected chi connectivity index (χ1v) is 12.6. The number of aromatic nitrogens is 4. The SMILES string of the molecule is CCN(Cc1ccccc1)[C@H](c1ccc(F)cc1)c1nnnn1CS(=O)(=O)c1ccc(C)cc1. The minimum absolute atomic E-state index is 0.203. The molecule has 0 radical (unpaired) electrons. The van der Waals surface area contributed by atoms with Gasteiger partial charge in [-0.25, -0.2) is 17.5 Å². The molecule has 0 aliphatic rings. The van der Waals surface area contributed by atoms with Gasteiger partial charge in [0.25, 0.3) is 0 Å². The van der Waals surface area contributed by atoms with Gasteiger partial charge >= 0.3 is 0 Å². The molecule has 4 rings (SSSR count). The first kappa shape index (κ1) is 23.7. The summed E-state index contributed by atoms with van der Waals surface area (Å²) in [6.45, 7) is 5.12. The molecule has 9 heteroatoms. The first-order chi connectivity index (χ1) is 16.4. The molecule has 3 aromatic carbocycles. The van der Waals surface area contributed by atoms with Crippen LogP contribution < -0.4 is 0 Å². The molecule has 34 heavy (non-hydrogen) atoms. The van der Waals surface area contributed by atoms with E-state index in [0.29, 0.717) is 18.9 Å². The van der Waals surface area contributed by atoms with Crippen molar-refractivity contribution in [1.29, 1.82) is 0 Å². The summed E-state index contributed by atoms with van der Waals surface area (Å²) in [7, 11) is -3.69. The van der Waals surface area contributed by atoms with Crippen LogP contribution in [0.3, 0.4) is 0 Å². The second-order valence-corrected chi connectivity index (χ2v) is 10.1. The topological polar surface area (TPSA) is 81.0 Å². The van der Waals surface area contributed by atoms with Crippen molar-refractivity contribution in [2.45, 2.75) is 37.2 Å². The number of rotatable bonds is 9. The molecule has 0 bridgehead atoms. The summed E-state index contributed by atoms with van der Waals surface area (Å²) in [6.07, 6.45) is 0. The zero-order valence-electron chi connectivity index (χ0n) is 19.0. The quantitative estimate of drug-likeness (QED) is 0.359. The molecule has 1 aromatic heterocycles. The predicted molar refractivity (Wildman–Crippen MR) is 127 cm³/mol. The molecule has 0 aliphatic heterocycles. The average molecular weight is 480 g/mol. The fraction of sp³-hybridized carbons (Fsp3) is 0.240. The van der Waals surface area contributed by atoms with Crippen LogP contribution in [-0.2, 0) is 22.3 Å². The van der Waals surface area contributed by atoms with E-state index < -0.39 is 21.8 Å². The molecular weight excluding hydrogens is 453 g/mol. The normalized spacial score (nSPS) is 12.7. The first-order valence-electron chi connectivity index (χ1n) is 11.0. The van der Waals surface area contributed by atoms with Crippen molar-refractivity contribution in [2.75, 3.05) is 6.54 Å². The van der Waals surface area contributed by atoms with Crippen LogP contribution in [0.25, 0.3) is 0 Å². The molecular formula is C25H26FN5O2S. The minimum atomic E-state index is -3.69. The summed E-state index contributed by atoms with van der Waals surface area (Å²) in [5.74, 6) is -0.380. The Labute approximate surface area is 198 Å². The third-order valence-electron chi connectivity index (χ3n) is 5.66. The zero-order chi connectivity index (χ0) is 24.1. The Balaban J connectivity index is 1.73. The van der Waals surface area contributed by atoms with E-state index in [9.17, 15) is 12.8 Å². The summed E-state index contributed by atoms with van der Waals surface area (Å²) < 4.78 is 41.3. The van der Waals surface area contributed by atoms with Gasteiger partial charge < -0.3 is 0 Å². The van der Waals surface area contributed by atoms with Crippen molar-refractivity contribution in [3.63, 3.8) is 0 Å². The molecule has 4 aromatic rings. The molecule has 7 nitrogen and oxygen atoms in total. The highest BCUT2D eigenvalue weighted by molar-refractivity contribution is 7.90. The Morgan fingerprint density at radius 1 is 0.971 bits per heavy atom. The molecule has 1 atom stereocenters. The molecule has 0 spiro atoms. The van der Waals surface area contributed by atoms with Crippen LogP contribution in [-0.4, -0.2) is 40.1 Å². The highest BCUT2D eigenvalue weighted by atomic mass is 32.2. The average Bonchev–Trinajstić information content (AvgIpc) is 3.27. The van der Waals surface area contributed by atoms with E-state index in [-0.39, 0.29) is 10.7 Å². The van der Waals surface area contributed by atoms with Crippen LogP contribution in [0.4, 0.5) is 4.39 Å². The zero-order valence-corrected chi connectivity index (χ0v) is 19.9. The third kappa shape index (κ3) is 5.37. The summed E-state index contributed by atoms with van der Waals surface area (Å²) >= 11 is 0. The van der Waals surface area contributed by atoms with Crippen molar-refractivity contribution in [3.8, 4) is 0 Å². The lowest BCUT2D eigenvalue weighted by Gasteiger charge is -2.30. The van der Waals surface area contributed by atoms with Crippen LogP contribution in [0.1, 0.15) is 35.5 Å². The Bertz CT molecular complexity index is 1320. The van der Waals surface area contributed by atoms with Crippen molar-refractivity contribution in [1.82, 2.24) is 25.1 Å². The van der Waals surface area contributed by atoms with Crippen LogP contribution in [0, 0.1) is 12.7 Å². The number of nitrogens with zero attached hydrogens (tertiary/aromatic N) is 5. The maximum Gasteiger partial charge on any atom is 0.198 e. The standard InChI is InChI=1S/C25H26FN5O2S/c1-3-30(17-20-7-5-4-6-8-20)24(21-11-13-22(26)14-12-21)25-27-28-29-31(25)18-34(32,33)23-15-9-19(2)10-16-23/h4-16,24H,3,17-18H2,1-2H3/t24-/m1/s1. The van der Waals surface area contributed by atoms with E-state index in [4.69, 9.17) is 0 Å². The number of benzene rings is 3. The predicted octanol–water partition coefficient (Wildman–Crippen LogP) is 4.16. The third-order valence-corrected chi connectivity index (χ3v) is 7.24. The molecule has 0 unspecified atom stereocenters. The summed E-state index contributed by atoms with van der Waals surface area (Å²) in [5.41, 5.74) is 2.82. The van der Waals surface area contributed by atoms with Gasteiger partial charge in [-0.1, -0.05) is 67.1 Å². The van der Waals surface area contributed by atoms with Crippen LogP contribution in [0.15, 0.2) is 83.8 Å². The Morgan fingerprint density at radius 2 is 1.65 bits per heavy atom. The minimum Gasteiger partial charge on any atom is -0.286 e. The molecule has 1 heterocycles. The van der Waals surface area contributed by atoms with Crippen molar-refractivity contribution >= 4 is 9.84 Å². The summed E-state index contributed by atoms with van der Waals surface area (Å²) in [4.78, 5) is 2.33. The maximum absolute atomic E-state index is 13.7. The van der Waals surface area contributed by atoms with E-state index in [1.165, 1.54) is 16.8 Å². The monoisotopic (exact) mass is 479 g/mol. The van der Waals surface area contributed by atoms with Crippen LogP contribution in [0.5, 0.6) is 0 Å². The second kappa shape index (κ2) is 10.2. The van der Waals surface area contributed by atoms with Crippen LogP contribution in [0.2, 0.25) is 0 Å². The molecule has 0 amide bonds. The van der Waals surface area contributed by atoms with Gasteiger partial charge in [-0.15, -0.1) is 5.10 Å². The number of aryl methyl sites for hydroxylation is 1. The molecule has 0 saturated carbocycles. The molecule has 0 N–H and O–H groups in total. The number of halogens is 1. The van der Waals surface area contributed by atoms with Gasteiger partial charge in [0.1, 0.15) is 5.82 Å². The maximum atomic E-state index is 13.7.